The normalized spacial score (nSPS) is 25.4. The van der Waals surface area contributed by atoms with E-state index in [9.17, 15) is 14.0 Å². The molecule has 2 amide bonds. The van der Waals surface area contributed by atoms with Crippen molar-refractivity contribution in [1.82, 2.24) is 0 Å². The third-order valence-corrected chi connectivity index (χ3v) is 5.99. The Hall–Kier alpha value is -2.28. The van der Waals surface area contributed by atoms with Gasteiger partial charge in [-0.15, -0.1) is 0 Å². The number of anilines is 1. The zero-order chi connectivity index (χ0) is 19.7. The molecule has 0 bridgehead atoms. The Kier molecular flexibility index (Phi) is 5.44. The van der Waals surface area contributed by atoms with Crippen LogP contribution in [0.3, 0.4) is 0 Å². The van der Waals surface area contributed by atoms with Crippen LogP contribution < -0.4 is 14.7 Å². The fourth-order valence-corrected chi connectivity index (χ4v) is 4.36. The van der Waals surface area contributed by atoms with Crippen molar-refractivity contribution < 1.29 is 23.8 Å². The van der Waals surface area contributed by atoms with Gasteiger partial charge in [0.15, 0.2) is 6.04 Å². The van der Waals surface area contributed by atoms with Crippen LogP contribution in [0, 0.1) is 5.82 Å². The van der Waals surface area contributed by atoms with E-state index in [0.717, 1.165) is 42.5 Å². The molecule has 0 radical (unpaired) electrons. The number of amides is 2. The number of rotatable bonds is 4. The van der Waals surface area contributed by atoms with E-state index in [4.69, 9.17) is 11.6 Å². The first-order valence-electron chi connectivity index (χ1n) is 9.57. The quantitative estimate of drug-likeness (QED) is 0.711. The maximum absolute atomic E-state index is 13.4. The van der Waals surface area contributed by atoms with Crippen LogP contribution >= 0.6 is 11.6 Å². The highest BCUT2D eigenvalue weighted by molar-refractivity contribution is 6.31. The van der Waals surface area contributed by atoms with Crippen LogP contribution in [0.2, 0.25) is 5.02 Å². The molecule has 2 N–H and O–H groups in total. The third-order valence-electron chi connectivity index (χ3n) is 5.70. The molecule has 28 heavy (non-hydrogen) atoms. The minimum Gasteiger partial charge on any atom is -0.322 e. The summed E-state index contributed by atoms with van der Waals surface area (Å²) in [7, 11) is 0. The van der Waals surface area contributed by atoms with Crippen LogP contribution in [0.5, 0.6) is 0 Å². The number of halogens is 2. The van der Waals surface area contributed by atoms with Crippen molar-refractivity contribution in [2.24, 2.45) is 0 Å². The number of nitrogens with zero attached hydrogens (tertiary/aromatic N) is 1. The van der Waals surface area contributed by atoms with Gasteiger partial charge in [-0.2, -0.15) is 0 Å². The van der Waals surface area contributed by atoms with E-state index >= 15 is 0 Å². The highest BCUT2D eigenvalue weighted by atomic mass is 35.5. The first kappa shape index (κ1) is 19.1. The lowest BCUT2D eigenvalue weighted by Gasteiger charge is -2.32. The Balaban J connectivity index is 1.40. The van der Waals surface area contributed by atoms with Crippen LogP contribution in [0.1, 0.15) is 12.0 Å². The summed E-state index contributed by atoms with van der Waals surface area (Å²) in [6, 6.07) is 14.0. The summed E-state index contributed by atoms with van der Waals surface area (Å²) in [6.07, 6.45) is 0.192. The zero-order valence-corrected chi connectivity index (χ0v) is 16.2. The minimum absolute atomic E-state index is 0.0907. The summed E-state index contributed by atoms with van der Waals surface area (Å²) in [5.74, 6) is -1.03. The molecule has 2 fully saturated rings. The Bertz CT molecular complexity index is 884. The predicted molar refractivity (Wildman–Crippen MR) is 104 cm³/mol. The lowest BCUT2D eigenvalue weighted by atomic mass is 10.1. The molecule has 2 aromatic rings. The molecule has 0 unspecified atom stereocenters. The number of nitrogens with one attached hydrogen (secondary N) is 2. The number of imide groups is 1. The lowest BCUT2D eigenvalue weighted by molar-refractivity contribution is -1.02. The van der Waals surface area contributed by atoms with Gasteiger partial charge >= 0.3 is 0 Å². The monoisotopic (exact) mass is 403 g/mol. The van der Waals surface area contributed by atoms with Crippen LogP contribution in [0.15, 0.2) is 48.5 Å². The first-order valence-corrected chi connectivity index (χ1v) is 9.94. The molecule has 5 nitrogen and oxygen atoms in total. The van der Waals surface area contributed by atoms with Gasteiger partial charge in [-0.3, -0.25) is 9.59 Å². The molecule has 2 aromatic carbocycles. The molecule has 2 saturated heterocycles. The summed E-state index contributed by atoms with van der Waals surface area (Å²) in [5.41, 5.74) is 1.66. The second-order valence-electron chi connectivity index (χ2n) is 7.49. The van der Waals surface area contributed by atoms with Crippen molar-refractivity contribution in [2.75, 3.05) is 31.1 Å². The molecular formula is C21H23ClFN3O2+2. The van der Waals surface area contributed by atoms with Gasteiger partial charge in [0.1, 0.15) is 38.5 Å². The Labute approximate surface area is 168 Å². The van der Waals surface area contributed by atoms with Crippen LogP contribution in [-0.4, -0.2) is 44.0 Å². The molecule has 0 aromatic heterocycles. The SMILES string of the molecule is O=C1C[C@@H]([NH+]2CC[NH+](Cc3ccccc3)CC2)C(=O)N1c1ccc(F)c(Cl)c1. The summed E-state index contributed by atoms with van der Waals surface area (Å²) in [6.45, 7) is 4.61. The Morgan fingerprint density at radius 3 is 2.43 bits per heavy atom. The highest BCUT2D eigenvalue weighted by Gasteiger charge is 2.47. The number of carbonyl (C=O) groups is 2. The van der Waals surface area contributed by atoms with Crippen molar-refractivity contribution in [1.29, 1.82) is 0 Å². The highest BCUT2D eigenvalue weighted by Crippen LogP contribution is 2.26. The van der Waals surface area contributed by atoms with Gasteiger partial charge in [-0.05, 0) is 18.2 Å². The van der Waals surface area contributed by atoms with Crippen LogP contribution in [-0.2, 0) is 16.1 Å². The van der Waals surface area contributed by atoms with E-state index in [0.29, 0.717) is 5.69 Å². The topological polar surface area (TPSA) is 46.3 Å². The average molecular weight is 404 g/mol. The van der Waals surface area contributed by atoms with Gasteiger partial charge < -0.3 is 9.80 Å². The maximum Gasteiger partial charge on any atom is 0.292 e. The molecule has 0 aliphatic carbocycles. The number of quaternary nitrogens is 2. The molecule has 7 heteroatoms. The Morgan fingerprint density at radius 2 is 1.75 bits per heavy atom. The molecule has 2 heterocycles. The van der Waals surface area contributed by atoms with Crippen molar-refractivity contribution in [3.63, 3.8) is 0 Å². The van der Waals surface area contributed by atoms with E-state index in [1.54, 1.807) is 0 Å². The summed E-state index contributed by atoms with van der Waals surface area (Å²) < 4.78 is 13.4. The molecule has 0 saturated carbocycles. The van der Waals surface area contributed by atoms with E-state index in [1.165, 1.54) is 28.7 Å². The van der Waals surface area contributed by atoms with Crippen molar-refractivity contribution in [2.45, 2.75) is 19.0 Å². The standard InChI is InChI=1S/C21H21ClFN3O2/c22-17-12-16(6-7-18(17)23)26-20(27)13-19(21(26)28)25-10-8-24(9-11-25)14-15-4-2-1-3-5-15/h1-7,12,19H,8-11,13-14H2/p+2/t19-/m1/s1. The smallest absolute Gasteiger partial charge is 0.292 e. The largest absolute Gasteiger partial charge is 0.322 e. The number of piperazine rings is 1. The van der Waals surface area contributed by atoms with Crippen molar-refractivity contribution in [3.05, 3.63) is 64.9 Å². The number of benzene rings is 2. The lowest BCUT2D eigenvalue weighted by Crippen LogP contribution is -3.29. The molecule has 2 aliphatic heterocycles. The average Bonchev–Trinajstić information content (AvgIpc) is 3.00. The number of carbonyl (C=O) groups excluding carboxylic acids is 2. The van der Waals surface area contributed by atoms with Gasteiger partial charge in [0.2, 0.25) is 5.91 Å². The third kappa shape index (κ3) is 3.81. The van der Waals surface area contributed by atoms with Crippen LogP contribution in [0.4, 0.5) is 10.1 Å². The number of hydrogen-bond donors (Lipinski definition) is 2. The fourth-order valence-electron chi connectivity index (χ4n) is 4.18. The summed E-state index contributed by atoms with van der Waals surface area (Å²) in [5, 5.41) is -0.0907. The summed E-state index contributed by atoms with van der Waals surface area (Å²) >= 11 is 5.82. The van der Waals surface area contributed by atoms with Crippen molar-refractivity contribution >= 4 is 29.1 Å². The number of hydrogen-bond acceptors (Lipinski definition) is 2. The predicted octanol–water partition coefficient (Wildman–Crippen LogP) is 0.0946. The Morgan fingerprint density at radius 1 is 1.04 bits per heavy atom. The van der Waals surface area contributed by atoms with E-state index in [2.05, 4.69) is 24.3 Å². The molecule has 146 valence electrons. The van der Waals surface area contributed by atoms with E-state index in [1.807, 2.05) is 6.07 Å². The minimum atomic E-state index is -0.566. The van der Waals surface area contributed by atoms with E-state index < -0.39 is 5.82 Å². The molecule has 1 atom stereocenters. The second-order valence-corrected chi connectivity index (χ2v) is 7.90. The molecule has 4 rings (SSSR count). The zero-order valence-electron chi connectivity index (χ0n) is 15.5. The van der Waals surface area contributed by atoms with Gasteiger partial charge in [0.05, 0.1) is 17.1 Å². The van der Waals surface area contributed by atoms with Gasteiger partial charge in [0.25, 0.3) is 5.91 Å². The molecular weight excluding hydrogens is 381 g/mol. The first-order chi connectivity index (χ1) is 13.5. The van der Waals surface area contributed by atoms with Gasteiger partial charge in [-0.25, -0.2) is 9.29 Å². The maximum atomic E-state index is 13.4. The molecule has 0 spiro atoms. The van der Waals surface area contributed by atoms with Crippen molar-refractivity contribution in [3.8, 4) is 0 Å². The fraction of sp³-hybridized carbons (Fsp3) is 0.333. The van der Waals surface area contributed by atoms with E-state index in [-0.39, 0.29) is 29.3 Å². The summed E-state index contributed by atoms with van der Waals surface area (Å²) in [4.78, 5) is 29.2. The van der Waals surface area contributed by atoms with Gasteiger partial charge in [-0.1, -0.05) is 41.9 Å². The second kappa shape index (κ2) is 7.99. The van der Waals surface area contributed by atoms with Gasteiger partial charge in [0, 0.05) is 5.56 Å². The molecule has 2 aliphatic rings. The van der Waals surface area contributed by atoms with Crippen LogP contribution in [0.25, 0.3) is 0 Å².